The SMILES string of the molecule is O=C(Nc1ccc(OCC(F)(F)F)nc1)c1cc(S(=O)(=O)N2CCCC2)ccc1Cl. The number of nitrogens with zero attached hydrogens (tertiary/aromatic N) is 2. The van der Waals surface area contributed by atoms with Crippen LogP contribution in [0, 0.1) is 0 Å². The van der Waals surface area contributed by atoms with Crippen LogP contribution in [0.4, 0.5) is 18.9 Å². The van der Waals surface area contributed by atoms with Gasteiger partial charge in [-0.1, -0.05) is 11.6 Å². The lowest BCUT2D eigenvalue weighted by molar-refractivity contribution is -0.154. The molecule has 3 rings (SSSR count). The van der Waals surface area contributed by atoms with Gasteiger partial charge in [-0.15, -0.1) is 0 Å². The quantitative estimate of drug-likeness (QED) is 0.705. The van der Waals surface area contributed by atoms with Gasteiger partial charge < -0.3 is 10.1 Å². The summed E-state index contributed by atoms with van der Waals surface area (Å²) in [4.78, 5) is 16.2. The van der Waals surface area contributed by atoms with Gasteiger partial charge in [-0.05, 0) is 37.1 Å². The molecule has 30 heavy (non-hydrogen) atoms. The Balaban J connectivity index is 1.74. The Hall–Kier alpha value is -2.37. The summed E-state index contributed by atoms with van der Waals surface area (Å²) in [7, 11) is -3.73. The first-order chi connectivity index (χ1) is 14.1. The number of hydrogen-bond donors (Lipinski definition) is 1. The second-order valence-corrected chi connectivity index (χ2v) is 8.84. The average molecular weight is 464 g/mol. The maximum absolute atomic E-state index is 12.7. The van der Waals surface area contributed by atoms with Crippen LogP contribution in [0.15, 0.2) is 41.4 Å². The zero-order valence-corrected chi connectivity index (χ0v) is 17.0. The van der Waals surface area contributed by atoms with Crippen molar-refractivity contribution in [3.8, 4) is 5.88 Å². The van der Waals surface area contributed by atoms with Gasteiger partial charge >= 0.3 is 6.18 Å². The van der Waals surface area contributed by atoms with Crippen LogP contribution in [-0.4, -0.2) is 49.5 Å². The standard InChI is InChI=1S/C18H17ClF3N3O4S/c19-15-5-4-13(30(27,28)25-7-1-2-8-25)9-14(15)17(26)24-12-3-6-16(23-10-12)29-11-18(20,21)22/h3-6,9-10H,1-2,7-8,11H2,(H,24,26). The molecule has 1 saturated heterocycles. The van der Waals surface area contributed by atoms with Crippen molar-refractivity contribution in [3.05, 3.63) is 47.1 Å². The van der Waals surface area contributed by atoms with E-state index in [2.05, 4.69) is 15.0 Å². The molecule has 7 nitrogen and oxygen atoms in total. The minimum absolute atomic E-state index is 0.0472. The fraction of sp³-hybridized carbons (Fsp3) is 0.333. The summed E-state index contributed by atoms with van der Waals surface area (Å²) in [6, 6.07) is 6.32. The summed E-state index contributed by atoms with van der Waals surface area (Å²) in [6.45, 7) is -0.651. The van der Waals surface area contributed by atoms with Gasteiger partial charge in [-0.25, -0.2) is 13.4 Å². The number of hydrogen-bond acceptors (Lipinski definition) is 5. The summed E-state index contributed by atoms with van der Waals surface area (Å²) in [5.74, 6) is -0.953. The summed E-state index contributed by atoms with van der Waals surface area (Å²) in [6.07, 6.45) is -1.83. The number of aromatic nitrogens is 1. The summed E-state index contributed by atoms with van der Waals surface area (Å²) in [5, 5.41) is 2.52. The number of anilines is 1. The van der Waals surface area contributed by atoms with Crippen molar-refractivity contribution in [3.63, 3.8) is 0 Å². The molecule has 1 fully saturated rings. The van der Waals surface area contributed by atoms with Gasteiger partial charge in [0.25, 0.3) is 5.91 Å². The highest BCUT2D eigenvalue weighted by Crippen LogP contribution is 2.26. The maximum atomic E-state index is 12.7. The largest absolute Gasteiger partial charge is 0.468 e. The first-order valence-corrected chi connectivity index (χ1v) is 10.6. The van der Waals surface area contributed by atoms with E-state index >= 15 is 0 Å². The predicted molar refractivity (Wildman–Crippen MR) is 103 cm³/mol. The Bertz CT molecular complexity index is 1020. The van der Waals surface area contributed by atoms with Crippen molar-refractivity contribution in [2.24, 2.45) is 0 Å². The first kappa shape index (κ1) is 22.3. The lowest BCUT2D eigenvalue weighted by atomic mass is 10.2. The molecule has 0 radical (unpaired) electrons. The summed E-state index contributed by atoms with van der Waals surface area (Å²) in [5.41, 5.74) is 0.109. The average Bonchev–Trinajstić information content (AvgIpc) is 3.22. The highest BCUT2D eigenvalue weighted by atomic mass is 35.5. The van der Waals surface area contributed by atoms with Crippen LogP contribution in [0.3, 0.4) is 0 Å². The van der Waals surface area contributed by atoms with E-state index in [0.29, 0.717) is 13.1 Å². The van der Waals surface area contributed by atoms with E-state index in [1.54, 1.807) is 0 Å². The molecule has 0 bridgehead atoms. The van der Waals surface area contributed by atoms with E-state index in [1.165, 1.54) is 28.6 Å². The molecule has 0 saturated carbocycles. The number of ether oxygens (including phenoxy) is 1. The normalized spacial score (nSPS) is 15.2. The van der Waals surface area contributed by atoms with Crippen LogP contribution in [0.25, 0.3) is 0 Å². The smallest absolute Gasteiger partial charge is 0.422 e. The number of nitrogens with one attached hydrogen (secondary N) is 1. The molecule has 0 unspecified atom stereocenters. The van der Waals surface area contributed by atoms with Crippen LogP contribution in [0.5, 0.6) is 5.88 Å². The van der Waals surface area contributed by atoms with Crippen molar-refractivity contribution < 1.29 is 31.1 Å². The highest BCUT2D eigenvalue weighted by molar-refractivity contribution is 7.89. The summed E-state index contributed by atoms with van der Waals surface area (Å²) >= 11 is 6.06. The molecule has 0 spiro atoms. The minimum Gasteiger partial charge on any atom is -0.468 e. The van der Waals surface area contributed by atoms with E-state index in [9.17, 15) is 26.4 Å². The lowest BCUT2D eigenvalue weighted by Gasteiger charge is -2.16. The second kappa shape index (κ2) is 8.78. The second-order valence-electron chi connectivity index (χ2n) is 6.50. The van der Waals surface area contributed by atoms with E-state index in [4.69, 9.17) is 11.6 Å². The van der Waals surface area contributed by atoms with Gasteiger partial charge in [0.15, 0.2) is 6.61 Å². The Labute approximate surface area is 175 Å². The van der Waals surface area contributed by atoms with E-state index < -0.39 is 28.7 Å². The Kier molecular flexibility index (Phi) is 6.53. The molecule has 1 aliphatic rings. The van der Waals surface area contributed by atoms with Gasteiger partial charge in [0.05, 0.1) is 27.4 Å². The monoisotopic (exact) mass is 463 g/mol. The van der Waals surface area contributed by atoms with Crippen molar-refractivity contribution in [1.29, 1.82) is 0 Å². The van der Waals surface area contributed by atoms with Crippen LogP contribution >= 0.6 is 11.6 Å². The topological polar surface area (TPSA) is 88.6 Å². The van der Waals surface area contributed by atoms with Crippen LogP contribution < -0.4 is 10.1 Å². The van der Waals surface area contributed by atoms with Crippen molar-refractivity contribution in [2.45, 2.75) is 23.9 Å². The molecule has 1 aromatic carbocycles. The van der Waals surface area contributed by atoms with Gasteiger partial charge in [-0.3, -0.25) is 4.79 Å². The minimum atomic E-state index is -4.49. The lowest BCUT2D eigenvalue weighted by Crippen LogP contribution is -2.28. The fourth-order valence-electron chi connectivity index (χ4n) is 2.81. The third kappa shape index (κ3) is 5.41. The molecule has 1 N–H and O–H groups in total. The molecule has 0 aliphatic carbocycles. The number of pyridine rings is 1. The number of halogens is 4. The predicted octanol–water partition coefficient (Wildman–Crippen LogP) is 3.71. The van der Waals surface area contributed by atoms with E-state index in [1.807, 2.05) is 0 Å². The first-order valence-electron chi connectivity index (χ1n) is 8.83. The molecule has 1 amide bonds. The third-order valence-corrected chi connectivity index (χ3v) is 6.49. The highest BCUT2D eigenvalue weighted by Gasteiger charge is 2.29. The molecule has 2 aromatic rings. The number of rotatable bonds is 6. The molecule has 162 valence electrons. The van der Waals surface area contributed by atoms with Crippen LogP contribution in [-0.2, 0) is 10.0 Å². The zero-order valence-electron chi connectivity index (χ0n) is 15.4. The van der Waals surface area contributed by atoms with Crippen molar-refractivity contribution in [1.82, 2.24) is 9.29 Å². The van der Waals surface area contributed by atoms with Crippen molar-refractivity contribution >= 4 is 33.2 Å². The van der Waals surface area contributed by atoms with Gasteiger partial charge in [0, 0.05) is 19.2 Å². The van der Waals surface area contributed by atoms with Crippen LogP contribution in [0.1, 0.15) is 23.2 Å². The Morgan fingerprint density at radius 1 is 1.20 bits per heavy atom. The number of carbonyl (C=O) groups is 1. The molecule has 1 aliphatic heterocycles. The number of carbonyl (C=O) groups excluding carboxylic acids is 1. The van der Waals surface area contributed by atoms with Gasteiger partial charge in [-0.2, -0.15) is 17.5 Å². The number of amides is 1. The summed E-state index contributed by atoms with van der Waals surface area (Å²) < 4.78 is 67.7. The van der Waals surface area contributed by atoms with Crippen molar-refractivity contribution in [2.75, 3.05) is 25.0 Å². The number of sulfonamides is 1. The molecular weight excluding hydrogens is 447 g/mol. The number of benzene rings is 1. The Morgan fingerprint density at radius 2 is 1.90 bits per heavy atom. The fourth-order valence-corrected chi connectivity index (χ4v) is 4.56. The van der Waals surface area contributed by atoms with Gasteiger partial charge in [0.2, 0.25) is 15.9 Å². The van der Waals surface area contributed by atoms with Crippen LogP contribution in [0.2, 0.25) is 5.02 Å². The molecular formula is C18H17ClF3N3O4S. The van der Waals surface area contributed by atoms with E-state index in [-0.39, 0.29) is 27.0 Å². The third-order valence-electron chi connectivity index (χ3n) is 4.26. The molecule has 1 aromatic heterocycles. The molecule has 12 heteroatoms. The zero-order chi connectivity index (χ0) is 21.9. The molecule has 2 heterocycles. The maximum Gasteiger partial charge on any atom is 0.422 e. The Morgan fingerprint density at radius 3 is 2.50 bits per heavy atom. The number of alkyl halides is 3. The van der Waals surface area contributed by atoms with Gasteiger partial charge in [0.1, 0.15) is 0 Å². The van der Waals surface area contributed by atoms with E-state index in [0.717, 1.165) is 25.1 Å². The molecule has 0 atom stereocenters.